The number of carbonyl (C=O) groups excluding carboxylic acids is 1. The van der Waals surface area contributed by atoms with Crippen LogP contribution in [0, 0.1) is 0 Å². The van der Waals surface area contributed by atoms with Crippen molar-refractivity contribution in [3.63, 3.8) is 0 Å². The first kappa shape index (κ1) is 14.4. The lowest BCUT2D eigenvalue weighted by Crippen LogP contribution is -2.06. The van der Waals surface area contributed by atoms with Crippen LogP contribution in [0.2, 0.25) is 0 Å². The van der Waals surface area contributed by atoms with Crippen molar-refractivity contribution < 1.29 is 14.7 Å². The number of hydrogen-bond acceptors (Lipinski definition) is 4. The molecule has 0 bridgehead atoms. The van der Waals surface area contributed by atoms with Crippen molar-refractivity contribution in [3.05, 3.63) is 48.0 Å². The number of anilines is 4. The second-order valence-electron chi connectivity index (χ2n) is 4.49. The first-order valence-electron chi connectivity index (χ1n) is 6.23. The van der Waals surface area contributed by atoms with Gasteiger partial charge in [0.05, 0.1) is 16.9 Å². The van der Waals surface area contributed by atoms with Crippen LogP contribution in [0.15, 0.2) is 42.5 Å². The van der Waals surface area contributed by atoms with E-state index in [2.05, 4.69) is 10.6 Å². The quantitative estimate of drug-likeness (QED) is 0.646. The Balaban J connectivity index is 2.27. The van der Waals surface area contributed by atoms with Gasteiger partial charge in [0.15, 0.2) is 0 Å². The van der Waals surface area contributed by atoms with Crippen molar-refractivity contribution in [1.29, 1.82) is 0 Å². The molecular weight excluding hydrogens is 270 g/mol. The zero-order valence-corrected chi connectivity index (χ0v) is 11.4. The number of rotatable bonds is 4. The molecule has 0 aliphatic carbocycles. The Kier molecular flexibility index (Phi) is 4.08. The second-order valence-corrected chi connectivity index (χ2v) is 4.49. The summed E-state index contributed by atoms with van der Waals surface area (Å²) in [5.41, 5.74) is 8.23. The molecule has 0 atom stereocenters. The summed E-state index contributed by atoms with van der Waals surface area (Å²) in [4.78, 5) is 22.0. The number of amides is 1. The number of aromatic carboxylic acids is 1. The van der Waals surface area contributed by atoms with Gasteiger partial charge in [-0.3, -0.25) is 4.79 Å². The Labute approximate surface area is 121 Å². The van der Waals surface area contributed by atoms with E-state index in [0.717, 1.165) is 0 Å². The van der Waals surface area contributed by atoms with E-state index >= 15 is 0 Å². The molecule has 0 saturated carbocycles. The van der Waals surface area contributed by atoms with E-state index in [0.29, 0.717) is 22.7 Å². The van der Waals surface area contributed by atoms with Crippen LogP contribution in [-0.4, -0.2) is 17.0 Å². The Bertz CT molecular complexity index is 698. The number of carbonyl (C=O) groups is 2. The monoisotopic (exact) mass is 285 g/mol. The van der Waals surface area contributed by atoms with Gasteiger partial charge >= 0.3 is 5.97 Å². The highest BCUT2D eigenvalue weighted by molar-refractivity contribution is 5.92. The lowest BCUT2D eigenvalue weighted by Gasteiger charge is -2.11. The number of carboxylic acids is 1. The van der Waals surface area contributed by atoms with Gasteiger partial charge in [-0.15, -0.1) is 0 Å². The second kappa shape index (κ2) is 5.96. The third kappa shape index (κ3) is 3.73. The molecule has 0 heterocycles. The van der Waals surface area contributed by atoms with E-state index in [1.807, 2.05) is 0 Å². The molecule has 6 nitrogen and oxygen atoms in total. The number of hydrogen-bond donors (Lipinski definition) is 4. The number of nitrogen functional groups attached to an aromatic ring is 1. The van der Waals surface area contributed by atoms with E-state index in [-0.39, 0.29) is 11.5 Å². The van der Waals surface area contributed by atoms with Crippen molar-refractivity contribution >= 4 is 34.6 Å². The van der Waals surface area contributed by atoms with Gasteiger partial charge in [-0.2, -0.15) is 0 Å². The van der Waals surface area contributed by atoms with Crippen molar-refractivity contribution in [1.82, 2.24) is 0 Å². The standard InChI is InChI=1S/C15H15N3O3/c1-9(19)17-11-3-2-4-12(8-11)18-14-7-10(15(20)21)5-6-13(14)16/h2-8,18H,16H2,1H3,(H,17,19)(H,20,21). The van der Waals surface area contributed by atoms with E-state index in [9.17, 15) is 9.59 Å². The van der Waals surface area contributed by atoms with Gasteiger partial charge in [0, 0.05) is 18.3 Å². The molecule has 0 unspecified atom stereocenters. The minimum absolute atomic E-state index is 0.143. The molecule has 6 heteroatoms. The third-order valence-corrected chi connectivity index (χ3v) is 2.76. The zero-order chi connectivity index (χ0) is 15.4. The minimum atomic E-state index is -1.02. The predicted octanol–water partition coefficient (Wildman–Crippen LogP) is 2.67. The third-order valence-electron chi connectivity index (χ3n) is 2.76. The minimum Gasteiger partial charge on any atom is -0.478 e. The van der Waals surface area contributed by atoms with Crippen molar-refractivity contribution in [2.75, 3.05) is 16.4 Å². The van der Waals surface area contributed by atoms with E-state index in [4.69, 9.17) is 10.8 Å². The molecule has 1 amide bonds. The molecule has 0 radical (unpaired) electrons. The maximum atomic E-state index is 11.0. The fourth-order valence-corrected chi connectivity index (χ4v) is 1.83. The molecule has 108 valence electrons. The van der Waals surface area contributed by atoms with Gasteiger partial charge in [-0.25, -0.2) is 4.79 Å². The molecule has 0 fully saturated rings. The van der Waals surface area contributed by atoms with Crippen LogP contribution in [-0.2, 0) is 4.79 Å². The SMILES string of the molecule is CC(=O)Nc1cccc(Nc2cc(C(=O)O)ccc2N)c1. The highest BCUT2D eigenvalue weighted by atomic mass is 16.4. The number of benzene rings is 2. The average Bonchev–Trinajstić information content (AvgIpc) is 2.40. The largest absolute Gasteiger partial charge is 0.478 e. The van der Waals surface area contributed by atoms with Gasteiger partial charge in [-0.05, 0) is 36.4 Å². The smallest absolute Gasteiger partial charge is 0.335 e. The number of nitrogens with two attached hydrogens (primary N) is 1. The molecule has 2 aromatic carbocycles. The fraction of sp³-hybridized carbons (Fsp3) is 0.0667. The van der Waals surface area contributed by atoms with E-state index < -0.39 is 5.97 Å². The van der Waals surface area contributed by atoms with Gasteiger partial charge in [0.25, 0.3) is 0 Å². The molecule has 0 aliphatic rings. The molecule has 0 saturated heterocycles. The number of nitrogens with one attached hydrogen (secondary N) is 2. The Morgan fingerprint density at radius 3 is 2.48 bits per heavy atom. The molecule has 21 heavy (non-hydrogen) atoms. The molecular formula is C15H15N3O3. The Hall–Kier alpha value is -3.02. The summed E-state index contributed by atoms with van der Waals surface area (Å²) in [5.74, 6) is -1.19. The highest BCUT2D eigenvalue weighted by Crippen LogP contribution is 2.26. The zero-order valence-electron chi connectivity index (χ0n) is 11.4. The number of carboxylic acid groups (broad SMARTS) is 1. The summed E-state index contributed by atoms with van der Waals surface area (Å²) >= 11 is 0. The van der Waals surface area contributed by atoms with E-state index in [1.54, 1.807) is 24.3 Å². The Morgan fingerprint density at radius 1 is 1.10 bits per heavy atom. The van der Waals surface area contributed by atoms with Crippen molar-refractivity contribution in [2.24, 2.45) is 0 Å². The predicted molar refractivity (Wildman–Crippen MR) is 81.8 cm³/mol. The van der Waals surface area contributed by atoms with Gasteiger partial charge < -0.3 is 21.5 Å². The fourth-order valence-electron chi connectivity index (χ4n) is 1.83. The summed E-state index contributed by atoms with van der Waals surface area (Å²) < 4.78 is 0. The topological polar surface area (TPSA) is 104 Å². The van der Waals surface area contributed by atoms with Gasteiger partial charge in [0.2, 0.25) is 5.91 Å². The lowest BCUT2D eigenvalue weighted by atomic mass is 10.1. The average molecular weight is 285 g/mol. The summed E-state index contributed by atoms with van der Waals surface area (Å²) in [6, 6.07) is 11.5. The molecule has 2 rings (SSSR count). The first-order chi connectivity index (χ1) is 9.95. The molecule has 0 aromatic heterocycles. The van der Waals surface area contributed by atoms with Gasteiger partial charge in [0.1, 0.15) is 0 Å². The summed E-state index contributed by atoms with van der Waals surface area (Å²) in [5, 5.41) is 14.7. The summed E-state index contributed by atoms with van der Waals surface area (Å²) in [6.07, 6.45) is 0. The van der Waals surface area contributed by atoms with Crippen LogP contribution in [0.25, 0.3) is 0 Å². The molecule has 2 aromatic rings. The summed E-state index contributed by atoms with van der Waals surface area (Å²) in [7, 11) is 0. The summed E-state index contributed by atoms with van der Waals surface area (Å²) in [6.45, 7) is 1.43. The van der Waals surface area contributed by atoms with Crippen LogP contribution >= 0.6 is 0 Å². The molecule has 5 N–H and O–H groups in total. The van der Waals surface area contributed by atoms with Crippen molar-refractivity contribution in [2.45, 2.75) is 6.92 Å². The highest BCUT2D eigenvalue weighted by Gasteiger charge is 2.07. The van der Waals surface area contributed by atoms with Crippen LogP contribution in [0.3, 0.4) is 0 Å². The van der Waals surface area contributed by atoms with Crippen LogP contribution in [0.4, 0.5) is 22.7 Å². The molecule has 0 spiro atoms. The lowest BCUT2D eigenvalue weighted by molar-refractivity contribution is -0.114. The van der Waals surface area contributed by atoms with Crippen LogP contribution < -0.4 is 16.4 Å². The van der Waals surface area contributed by atoms with Crippen LogP contribution in [0.5, 0.6) is 0 Å². The normalized spacial score (nSPS) is 9.95. The van der Waals surface area contributed by atoms with E-state index in [1.165, 1.54) is 25.1 Å². The first-order valence-corrected chi connectivity index (χ1v) is 6.23. The van der Waals surface area contributed by atoms with Crippen molar-refractivity contribution in [3.8, 4) is 0 Å². The molecule has 0 aliphatic heterocycles. The van der Waals surface area contributed by atoms with Crippen LogP contribution in [0.1, 0.15) is 17.3 Å². The maximum absolute atomic E-state index is 11.0. The van der Waals surface area contributed by atoms with Gasteiger partial charge in [-0.1, -0.05) is 6.07 Å². The Morgan fingerprint density at radius 2 is 1.81 bits per heavy atom. The maximum Gasteiger partial charge on any atom is 0.335 e.